The first-order chi connectivity index (χ1) is 16.7. The first-order valence-electron chi connectivity index (χ1n) is 11.3. The number of rotatable bonds is 12. The second-order valence-electron chi connectivity index (χ2n) is 8.50. The van der Waals surface area contributed by atoms with Gasteiger partial charge < -0.3 is 4.90 Å². The van der Waals surface area contributed by atoms with Gasteiger partial charge in [0.05, 0.1) is 15.1 Å². The first-order valence-corrected chi connectivity index (χ1v) is 13.6. The van der Waals surface area contributed by atoms with Gasteiger partial charge in [-0.3, -0.25) is 9.69 Å². The van der Waals surface area contributed by atoms with Crippen molar-refractivity contribution in [2.45, 2.75) is 18.2 Å². The lowest BCUT2D eigenvalue weighted by molar-refractivity contribution is 0.0986. The second-order valence-corrected chi connectivity index (χ2v) is 11.5. The Morgan fingerprint density at radius 3 is 2.29 bits per heavy atom. The van der Waals surface area contributed by atoms with Crippen molar-refractivity contribution in [2.24, 2.45) is 0 Å². The molecule has 1 amide bonds. The van der Waals surface area contributed by atoms with E-state index in [2.05, 4.69) is 24.1 Å². The normalized spacial score (nSPS) is 11.8. The smallest absolute Gasteiger partial charge is 0.260 e. The predicted molar refractivity (Wildman–Crippen MR) is 145 cm³/mol. The van der Waals surface area contributed by atoms with E-state index in [1.165, 1.54) is 39.9 Å². The van der Waals surface area contributed by atoms with Crippen molar-refractivity contribution < 1.29 is 13.2 Å². The Kier molecular flexibility index (Phi) is 8.96. The van der Waals surface area contributed by atoms with Crippen molar-refractivity contribution in [3.63, 3.8) is 0 Å². The van der Waals surface area contributed by atoms with Crippen LogP contribution in [0, 0.1) is 6.92 Å². The maximum Gasteiger partial charge on any atom is 0.260 e. The molecule has 2 aromatic carbocycles. The summed E-state index contributed by atoms with van der Waals surface area (Å²) in [5.74, 6) is -0.211. The average Bonchev–Trinajstić information content (AvgIpc) is 3.24. The maximum atomic E-state index is 13.6. The summed E-state index contributed by atoms with van der Waals surface area (Å²) < 4.78 is 28.3. The van der Waals surface area contributed by atoms with Crippen LogP contribution in [0.15, 0.2) is 72.7 Å². The Morgan fingerprint density at radius 2 is 1.69 bits per heavy atom. The van der Waals surface area contributed by atoms with Crippen LogP contribution in [0.2, 0.25) is 0 Å². The third kappa shape index (κ3) is 6.43. The second kappa shape index (κ2) is 11.7. The van der Waals surface area contributed by atoms with Gasteiger partial charge >= 0.3 is 0 Å². The number of aromatic nitrogens is 1. The van der Waals surface area contributed by atoms with Crippen molar-refractivity contribution in [1.29, 1.82) is 0 Å². The zero-order valence-electron chi connectivity index (χ0n) is 20.5. The molecule has 186 valence electrons. The van der Waals surface area contributed by atoms with Crippen LogP contribution in [0.3, 0.4) is 0 Å². The summed E-state index contributed by atoms with van der Waals surface area (Å²) >= 11 is 1.48. The van der Waals surface area contributed by atoms with Crippen molar-refractivity contribution in [3.05, 3.63) is 78.9 Å². The average molecular weight is 513 g/mol. The fraction of sp³-hybridized carbons (Fsp3) is 0.308. The molecule has 3 aromatic rings. The zero-order chi connectivity index (χ0) is 25.6. The van der Waals surface area contributed by atoms with Crippen molar-refractivity contribution in [3.8, 4) is 0 Å². The predicted octanol–water partition coefficient (Wildman–Crippen LogP) is 4.57. The molecule has 0 spiro atoms. The minimum Gasteiger partial charge on any atom is -0.309 e. The van der Waals surface area contributed by atoms with Crippen LogP contribution in [0.1, 0.15) is 22.3 Å². The van der Waals surface area contributed by atoms with Crippen LogP contribution < -0.4 is 4.90 Å². The summed E-state index contributed by atoms with van der Waals surface area (Å²) in [4.78, 5) is 22.1. The Hall–Kier alpha value is -2.85. The van der Waals surface area contributed by atoms with Crippen molar-refractivity contribution in [1.82, 2.24) is 14.2 Å². The standard InChI is InChI=1S/C26H32N4O3S2/c1-6-15-29(16-7-2)35(32,33)22-12-10-21(11-13-22)25(31)30(18-8-17-28(4)5)26-27-23-14-9-20(3)19-24(23)34-26/h6-7,9-14,19H,1-2,8,15-18H2,3-5H3. The topological polar surface area (TPSA) is 73.8 Å². The van der Waals surface area contributed by atoms with Gasteiger partial charge in [0.1, 0.15) is 0 Å². The summed E-state index contributed by atoms with van der Waals surface area (Å²) in [6.45, 7) is 11.0. The molecule has 1 aromatic heterocycles. The van der Waals surface area contributed by atoms with Crippen LogP contribution in [-0.4, -0.2) is 68.8 Å². The van der Waals surface area contributed by atoms with Gasteiger partial charge in [-0.15, -0.1) is 13.2 Å². The maximum absolute atomic E-state index is 13.6. The summed E-state index contributed by atoms with van der Waals surface area (Å²) in [6, 6.07) is 12.1. The molecule has 0 aliphatic rings. The third-order valence-electron chi connectivity index (χ3n) is 5.40. The fourth-order valence-corrected chi connectivity index (χ4v) is 6.07. The largest absolute Gasteiger partial charge is 0.309 e. The van der Waals surface area contributed by atoms with E-state index in [0.29, 0.717) is 17.2 Å². The minimum absolute atomic E-state index is 0.118. The molecule has 0 aliphatic carbocycles. The van der Waals surface area contributed by atoms with Crippen LogP contribution >= 0.6 is 11.3 Å². The number of amides is 1. The molecule has 0 atom stereocenters. The number of aryl methyl sites for hydroxylation is 1. The number of sulfonamides is 1. The van der Waals surface area contributed by atoms with E-state index in [-0.39, 0.29) is 23.9 Å². The molecule has 0 N–H and O–H groups in total. The molecule has 1 heterocycles. The van der Waals surface area contributed by atoms with Gasteiger partial charge in [0.15, 0.2) is 5.13 Å². The number of anilines is 1. The number of hydrogen-bond acceptors (Lipinski definition) is 6. The highest BCUT2D eigenvalue weighted by atomic mass is 32.2. The Bertz CT molecular complexity index is 1290. The molecule has 0 saturated heterocycles. The third-order valence-corrected chi connectivity index (χ3v) is 8.29. The van der Waals surface area contributed by atoms with Crippen molar-refractivity contribution in [2.75, 3.05) is 45.2 Å². The quantitative estimate of drug-likeness (QED) is 0.333. The zero-order valence-corrected chi connectivity index (χ0v) is 22.1. The minimum atomic E-state index is -3.74. The van der Waals surface area contributed by atoms with Gasteiger partial charge in [-0.05, 0) is 75.9 Å². The molecular formula is C26H32N4O3S2. The Morgan fingerprint density at radius 1 is 1.03 bits per heavy atom. The van der Waals surface area contributed by atoms with Crippen LogP contribution in [-0.2, 0) is 10.0 Å². The molecule has 0 fully saturated rings. The van der Waals surface area contributed by atoms with Gasteiger partial charge in [-0.1, -0.05) is 29.6 Å². The van der Waals surface area contributed by atoms with E-state index in [1.54, 1.807) is 17.0 Å². The highest BCUT2D eigenvalue weighted by Crippen LogP contribution is 2.31. The number of nitrogens with zero attached hydrogens (tertiary/aromatic N) is 4. The molecule has 0 radical (unpaired) electrons. The Balaban J connectivity index is 1.91. The molecule has 0 unspecified atom stereocenters. The van der Waals surface area contributed by atoms with Crippen LogP contribution in [0.5, 0.6) is 0 Å². The van der Waals surface area contributed by atoms with E-state index < -0.39 is 10.0 Å². The number of carbonyl (C=O) groups is 1. The molecule has 9 heteroatoms. The summed E-state index contributed by atoms with van der Waals surface area (Å²) in [5, 5.41) is 0.634. The Labute approximate surface area is 212 Å². The lowest BCUT2D eigenvalue weighted by atomic mass is 10.2. The highest BCUT2D eigenvalue weighted by Gasteiger charge is 2.25. The van der Waals surface area contributed by atoms with E-state index in [9.17, 15) is 13.2 Å². The van der Waals surface area contributed by atoms with E-state index in [4.69, 9.17) is 4.98 Å². The number of fused-ring (bicyclic) bond motifs is 1. The van der Waals surface area contributed by atoms with Crippen LogP contribution in [0.25, 0.3) is 10.2 Å². The molecule has 0 saturated carbocycles. The lowest BCUT2D eigenvalue weighted by Crippen LogP contribution is -2.33. The van der Waals surface area contributed by atoms with Gasteiger partial charge in [0.25, 0.3) is 5.91 Å². The van der Waals surface area contributed by atoms with Gasteiger partial charge in [-0.25, -0.2) is 13.4 Å². The molecule has 0 aliphatic heterocycles. The van der Waals surface area contributed by atoms with E-state index in [0.717, 1.165) is 28.7 Å². The number of hydrogen-bond donors (Lipinski definition) is 0. The number of carbonyl (C=O) groups excluding carboxylic acids is 1. The van der Waals surface area contributed by atoms with Crippen LogP contribution in [0.4, 0.5) is 5.13 Å². The number of benzene rings is 2. The molecular weight excluding hydrogens is 480 g/mol. The van der Waals surface area contributed by atoms with E-state index >= 15 is 0 Å². The molecule has 3 rings (SSSR count). The summed E-state index contributed by atoms with van der Waals surface area (Å²) in [7, 11) is 0.252. The SMILES string of the molecule is C=CCN(CC=C)S(=O)(=O)c1ccc(C(=O)N(CCCN(C)C)c2nc3ccc(C)cc3s2)cc1. The van der Waals surface area contributed by atoms with Gasteiger partial charge in [0, 0.05) is 25.2 Å². The fourth-order valence-electron chi connectivity index (χ4n) is 3.60. The van der Waals surface area contributed by atoms with E-state index in [1.807, 2.05) is 33.2 Å². The van der Waals surface area contributed by atoms with Gasteiger partial charge in [-0.2, -0.15) is 4.31 Å². The first kappa shape index (κ1) is 26.7. The summed E-state index contributed by atoms with van der Waals surface area (Å²) in [6.07, 6.45) is 3.84. The molecule has 35 heavy (non-hydrogen) atoms. The number of thiazole rings is 1. The molecule has 0 bridgehead atoms. The monoisotopic (exact) mass is 512 g/mol. The summed E-state index contributed by atoms with van der Waals surface area (Å²) in [5.41, 5.74) is 2.40. The highest BCUT2D eigenvalue weighted by molar-refractivity contribution is 7.89. The van der Waals surface area contributed by atoms with Gasteiger partial charge in [0.2, 0.25) is 10.0 Å². The molecule has 7 nitrogen and oxygen atoms in total. The van der Waals surface area contributed by atoms with Crippen molar-refractivity contribution >= 4 is 42.6 Å². The lowest BCUT2D eigenvalue weighted by Gasteiger charge is -2.22.